The van der Waals surface area contributed by atoms with Crippen molar-refractivity contribution in [2.75, 3.05) is 0 Å². The van der Waals surface area contributed by atoms with E-state index in [1.54, 1.807) is 0 Å². The van der Waals surface area contributed by atoms with Gasteiger partial charge in [-0.2, -0.15) is 10.2 Å². The molecule has 0 atom stereocenters. The molecular weight excluding hydrogens is 340 g/mol. The highest BCUT2D eigenvalue weighted by Gasteiger charge is 2.16. The monoisotopic (exact) mass is 362 g/mol. The Kier molecular flexibility index (Phi) is 5.39. The van der Waals surface area contributed by atoms with E-state index in [1.165, 1.54) is 22.3 Å². The van der Waals surface area contributed by atoms with Crippen molar-refractivity contribution in [1.29, 1.82) is 0 Å². The number of rotatable bonds is 5. The molecule has 0 saturated heterocycles. The molecule has 0 heterocycles. The molecule has 0 aliphatic rings. The second-order valence-corrected chi connectivity index (χ2v) is 6.88. The Hall–Kier alpha value is -3.52. The summed E-state index contributed by atoms with van der Waals surface area (Å²) in [6.45, 7) is 2.07. The maximum absolute atomic E-state index is 4.38. The van der Waals surface area contributed by atoms with Crippen LogP contribution in [-0.2, 0) is 0 Å². The SMILES string of the molecule is Cc1ccc(N=Nc2ccc(C(c3ccccc3)c3ccccc3)cc2)cc1. The van der Waals surface area contributed by atoms with Gasteiger partial charge in [-0.15, -0.1) is 0 Å². The molecule has 0 unspecified atom stereocenters. The lowest BCUT2D eigenvalue weighted by Gasteiger charge is -2.19. The lowest BCUT2D eigenvalue weighted by Crippen LogP contribution is -2.02. The van der Waals surface area contributed by atoms with Crippen LogP contribution in [0.25, 0.3) is 0 Å². The Morgan fingerprint density at radius 2 is 0.857 bits per heavy atom. The van der Waals surface area contributed by atoms with Gasteiger partial charge in [-0.25, -0.2) is 0 Å². The predicted octanol–water partition coefficient (Wildman–Crippen LogP) is 7.59. The van der Waals surface area contributed by atoms with E-state index >= 15 is 0 Å². The first-order chi connectivity index (χ1) is 13.8. The first-order valence-electron chi connectivity index (χ1n) is 9.48. The molecule has 0 aromatic heterocycles. The number of azo groups is 1. The summed E-state index contributed by atoms with van der Waals surface area (Å²) < 4.78 is 0. The van der Waals surface area contributed by atoms with Gasteiger partial charge in [-0.1, -0.05) is 90.5 Å². The summed E-state index contributed by atoms with van der Waals surface area (Å²) in [7, 11) is 0. The fraction of sp³-hybridized carbons (Fsp3) is 0.0769. The smallest absolute Gasteiger partial charge is 0.0857 e. The lowest BCUT2D eigenvalue weighted by molar-refractivity contribution is 0.977. The molecule has 0 amide bonds. The highest BCUT2D eigenvalue weighted by atomic mass is 15.1. The molecule has 0 aliphatic heterocycles. The third-order valence-corrected chi connectivity index (χ3v) is 4.81. The van der Waals surface area contributed by atoms with E-state index in [-0.39, 0.29) is 5.92 Å². The molecule has 136 valence electrons. The number of benzene rings is 4. The summed E-state index contributed by atoms with van der Waals surface area (Å²) in [5.41, 5.74) is 6.73. The van der Waals surface area contributed by atoms with E-state index in [4.69, 9.17) is 0 Å². The predicted molar refractivity (Wildman–Crippen MR) is 116 cm³/mol. The molecule has 0 fully saturated rings. The van der Waals surface area contributed by atoms with Crippen molar-refractivity contribution in [3.05, 3.63) is 131 Å². The highest BCUT2D eigenvalue weighted by molar-refractivity contribution is 5.47. The molecular formula is C26H22N2. The van der Waals surface area contributed by atoms with Crippen LogP contribution in [0, 0.1) is 6.92 Å². The van der Waals surface area contributed by atoms with Gasteiger partial charge in [0.15, 0.2) is 0 Å². The largest absolute Gasteiger partial charge is 0.151 e. The summed E-state index contributed by atoms with van der Waals surface area (Å²) in [6.07, 6.45) is 0. The summed E-state index contributed by atoms with van der Waals surface area (Å²) in [5, 5.41) is 8.71. The Labute approximate surface area is 166 Å². The van der Waals surface area contributed by atoms with Gasteiger partial charge in [0.1, 0.15) is 0 Å². The minimum Gasteiger partial charge on any atom is -0.151 e. The standard InChI is InChI=1S/C26H22N2/c1-20-12-16-24(17-13-20)27-28-25-18-14-23(15-19-25)26(21-8-4-2-5-9-21)22-10-6-3-7-11-22/h2-19,26H,1H3. The Balaban J connectivity index is 1.62. The van der Waals surface area contributed by atoms with Gasteiger partial charge in [-0.05, 0) is 47.9 Å². The number of hydrogen-bond donors (Lipinski definition) is 0. The van der Waals surface area contributed by atoms with E-state index in [0.29, 0.717) is 0 Å². The number of aryl methyl sites for hydroxylation is 1. The van der Waals surface area contributed by atoms with Crippen molar-refractivity contribution in [3.8, 4) is 0 Å². The van der Waals surface area contributed by atoms with Crippen LogP contribution in [0.5, 0.6) is 0 Å². The third-order valence-electron chi connectivity index (χ3n) is 4.81. The zero-order valence-electron chi connectivity index (χ0n) is 15.9. The first kappa shape index (κ1) is 17.9. The summed E-state index contributed by atoms with van der Waals surface area (Å²) in [6, 6.07) is 37.6. The van der Waals surface area contributed by atoms with Crippen LogP contribution in [0.3, 0.4) is 0 Å². The summed E-state index contributed by atoms with van der Waals surface area (Å²) >= 11 is 0. The summed E-state index contributed by atoms with van der Waals surface area (Å²) in [5.74, 6) is 0.200. The quantitative estimate of drug-likeness (QED) is 0.258. The van der Waals surface area contributed by atoms with Gasteiger partial charge in [-0.3, -0.25) is 0 Å². The maximum Gasteiger partial charge on any atom is 0.0857 e. The fourth-order valence-electron chi connectivity index (χ4n) is 3.33. The lowest BCUT2D eigenvalue weighted by atomic mass is 9.85. The third kappa shape index (κ3) is 4.24. The summed E-state index contributed by atoms with van der Waals surface area (Å²) in [4.78, 5) is 0. The minimum atomic E-state index is 0.200. The number of hydrogen-bond acceptors (Lipinski definition) is 2. The second-order valence-electron chi connectivity index (χ2n) is 6.88. The van der Waals surface area contributed by atoms with Crippen molar-refractivity contribution in [1.82, 2.24) is 0 Å². The van der Waals surface area contributed by atoms with Gasteiger partial charge >= 0.3 is 0 Å². The average molecular weight is 362 g/mol. The highest BCUT2D eigenvalue weighted by Crippen LogP contribution is 2.32. The zero-order valence-corrected chi connectivity index (χ0v) is 15.9. The van der Waals surface area contributed by atoms with Crippen LogP contribution in [0.1, 0.15) is 28.2 Å². The van der Waals surface area contributed by atoms with E-state index in [0.717, 1.165) is 11.4 Å². The average Bonchev–Trinajstić information content (AvgIpc) is 2.76. The van der Waals surface area contributed by atoms with Crippen molar-refractivity contribution in [3.63, 3.8) is 0 Å². The van der Waals surface area contributed by atoms with Crippen molar-refractivity contribution >= 4 is 11.4 Å². The topological polar surface area (TPSA) is 24.7 Å². The van der Waals surface area contributed by atoms with Gasteiger partial charge in [0.25, 0.3) is 0 Å². The maximum atomic E-state index is 4.38. The van der Waals surface area contributed by atoms with E-state index in [1.807, 2.05) is 36.4 Å². The Morgan fingerprint density at radius 3 is 1.32 bits per heavy atom. The van der Waals surface area contributed by atoms with E-state index < -0.39 is 0 Å². The molecule has 28 heavy (non-hydrogen) atoms. The molecule has 0 bridgehead atoms. The van der Waals surface area contributed by atoms with Gasteiger partial charge < -0.3 is 0 Å². The second kappa shape index (κ2) is 8.45. The van der Waals surface area contributed by atoms with Crippen molar-refractivity contribution in [2.24, 2.45) is 10.2 Å². The molecule has 4 aromatic rings. The molecule has 0 saturated carbocycles. The Bertz CT molecular complexity index is 996. The van der Waals surface area contributed by atoms with Crippen LogP contribution in [0.4, 0.5) is 11.4 Å². The number of nitrogens with zero attached hydrogens (tertiary/aromatic N) is 2. The van der Waals surface area contributed by atoms with E-state index in [2.05, 4.69) is 89.9 Å². The zero-order chi connectivity index (χ0) is 19.2. The van der Waals surface area contributed by atoms with Crippen LogP contribution < -0.4 is 0 Å². The van der Waals surface area contributed by atoms with E-state index in [9.17, 15) is 0 Å². The van der Waals surface area contributed by atoms with Crippen LogP contribution in [0.2, 0.25) is 0 Å². The molecule has 4 aromatic carbocycles. The molecule has 0 spiro atoms. The van der Waals surface area contributed by atoms with Gasteiger partial charge in [0.05, 0.1) is 11.4 Å². The molecule has 0 radical (unpaired) electrons. The first-order valence-corrected chi connectivity index (χ1v) is 9.48. The minimum absolute atomic E-state index is 0.200. The van der Waals surface area contributed by atoms with Crippen LogP contribution in [0.15, 0.2) is 119 Å². The molecule has 2 heteroatoms. The van der Waals surface area contributed by atoms with Crippen molar-refractivity contribution in [2.45, 2.75) is 12.8 Å². The normalized spacial score (nSPS) is 11.2. The fourth-order valence-corrected chi connectivity index (χ4v) is 3.33. The molecule has 0 N–H and O–H groups in total. The van der Waals surface area contributed by atoms with Gasteiger partial charge in [0, 0.05) is 5.92 Å². The van der Waals surface area contributed by atoms with Crippen molar-refractivity contribution < 1.29 is 0 Å². The van der Waals surface area contributed by atoms with Crippen LogP contribution in [-0.4, -0.2) is 0 Å². The molecule has 4 rings (SSSR count). The Morgan fingerprint density at radius 1 is 0.464 bits per heavy atom. The molecule has 2 nitrogen and oxygen atoms in total. The van der Waals surface area contributed by atoms with Gasteiger partial charge in [0.2, 0.25) is 0 Å². The molecule has 0 aliphatic carbocycles. The van der Waals surface area contributed by atoms with Crippen LogP contribution >= 0.6 is 0 Å².